The second kappa shape index (κ2) is 7.66. The molecule has 0 spiro atoms. The van der Waals surface area contributed by atoms with Crippen LogP contribution in [0.2, 0.25) is 5.02 Å². The van der Waals surface area contributed by atoms with Gasteiger partial charge in [-0.15, -0.1) is 0 Å². The lowest BCUT2D eigenvalue weighted by atomic mass is 10.1. The van der Waals surface area contributed by atoms with E-state index in [1.807, 2.05) is 25.1 Å². The average molecular weight is 438 g/mol. The first-order chi connectivity index (χ1) is 15.0. The van der Waals surface area contributed by atoms with Gasteiger partial charge in [-0.2, -0.15) is 19.6 Å². The zero-order chi connectivity index (χ0) is 21.5. The molecule has 3 heterocycles. The van der Waals surface area contributed by atoms with Crippen molar-refractivity contribution in [3.63, 3.8) is 0 Å². The lowest BCUT2D eigenvalue weighted by Crippen LogP contribution is -2.19. The van der Waals surface area contributed by atoms with Gasteiger partial charge in [0.05, 0.1) is 12.6 Å². The number of aromatic nitrogens is 4. The van der Waals surface area contributed by atoms with E-state index in [2.05, 4.69) is 31.0 Å². The van der Waals surface area contributed by atoms with Crippen molar-refractivity contribution in [1.29, 1.82) is 0 Å². The Labute approximate surface area is 182 Å². The van der Waals surface area contributed by atoms with E-state index in [-0.39, 0.29) is 18.2 Å². The topological polar surface area (TPSA) is 113 Å². The van der Waals surface area contributed by atoms with E-state index in [0.717, 1.165) is 24.0 Å². The summed E-state index contributed by atoms with van der Waals surface area (Å²) in [4.78, 5) is 32.7. The van der Waals surface area contributed by atoms with E-state index < -0.39 is 0 Å². The summed E-state index contributed by atoms with van der Waals surface area (Å²) in [5.74, 6) is 0.318. The summed E-state index contributed by atoms with van der Waals surface area (Å²) < 4.78 is 1.62. The number of anilines is 2. The molecule has 0 atom stereocenters. The highest BCUT2D eigenvalue weighted by atomic mass is 35.5. The number of hydrogen-bond acceptors (Lipinski definition) is 7. The van der Waals surface area contributed by atoms with Crippen molar-refractivity contribution >= 4 is 47.0 Å². The van der Waals surface area contributed by atoms with Gasteiger partial charge in [0.25, 0.3) is 5.91 Å². The van der Waals surface area contributed by atoms with Gasteiger partial charge in [-0.05, 0) is 43.0 Å². The summed E-state index contributed by atoms with van der Waals surface area (Å²) >= 11 is 6.23. The summed E-state index contributed by atoms with van der Waals surface area (Å²) in [7, 11) is 0. The first-order valence-corrected chi connectivity index (χ1v) is 10.4. The summed E-state index contributed by atoms with van der Waals surface area (Å²) in [6.45, 7) is 2.48. The number of nitrogens with one attached hydrogen (secondary N) is 3. The van der Waals surface area contributed by atoms with Gasteiger partial charge in [-0.3, -0.25) is 14.9 Å². The molecule has 2 fully saturated rings. The molecule has 0 bridgehead atoms. The maximum absolute atomic E-state index is 12.0. The van der Waals surface area contributed by atoms with Crippen molar-refractivity contribution in [2.75, 3.05) is 10.6 Å². The Balaban J connectivity index is 1.50. The van der Waals surface area contributed by atoms with Gasteiger partial charge in [0.15, 0.2) is 5.65 Å². The fourth-order valence-electron chi connectivity index (χ4n) is 3.41. The molecule has 1 saturated heterocycles. The molecule has 5 rings (SSSR count). The standard InChI is InChI=1S/C21H20ClN7O2/c1-11-12(3-2-4-16(11)22)9-23-20-27-18-14(7-13-8-17(30)26-19(13)31)10-24-29(18)21(28-20)25-15-5-6-15/h2-4,7,10,15H,5-6,8-9H2,1H3,(H,26,30,31)(H2,23,25,27,28)/b13-7+. The fraction of sp³-hybridized carbons (Fsp3) is 0.286. The molecule has 158 valence electrons. The molecular formula is C21H20ClN7O2. The van der Waals surface area contributed by atoms with Crippen LogP contribution in [0.15, 0.2) is 30.0 Å². The van der Waals surface area contributed by atoms with Crippen molar-refractivity contribution in [2.45, 2.75) is 38.8 Å². The van der Waals surface area contributed by atoms with E-state index in [0.29, 0.717) is 46.3 Å². The number of imide groups is 1. The quantitative estimate of drug-likeness (QED) is 0.401. The highest BCUT2D eigenvalue weighted by Crippen LogP contribution is 2.26. The molecular weight excluding hydrogens is 418 g/mol. The third kappa shape index (κ3) is 3.96. The highest BCUT2D eigenvalue weighted by molar-refractivity contribution is 6.31. The van der Waals surface area contributed by atoms with Gasteiger partial charge in [0.2, 0.25) is 17.8 Å². The monoisotopic (exact) mass is 437 g/mol. The minimum absolute atomic E-state index is 0.0492. The molecule has 2 aliphatic rings. The predicted octanol–water partition coefficient (Wildman–Crippen LogP) is 2.70. The molecule has 3 N–H and O–H groups in total. The Kier molecular flexibility index (Phi) is 4.82. The zero-order valence-electron chi connectivity index (χ0n) is 16.8. The smallest absolute Gasteiger partial charge is 0.254 e. The Morgan fingerprint density at radius 3 is 2.87 bits per heavy atom. The van der Waals surface area contributed by atoms with Crippen LogP contribution in [0.5, 0.6) is 0 Å². The first kappa shape index (κ1) is 19.5. The third-order valence-corrected chi connectivity index (χ3v) is 5.76. The van der Waals surface area contributed by atoms with Crippen LogP contribution in [0.25, 0.3) is 11.7 Å². The summed E-state index contributed by atoms with van der Waals surface area (Å²) in [6, 6.07) is 6.13. The molecule has 10 heteroatoms. The summed E-state index contributed by atoms with van der Waals surface area (Å²) in [5.41, 5.74) is 3.62. The SMILES string of the molecule is Cc1c(Cl)cccc1CNc1nc(NC2CC2)n2ncc(/C=C3\CC(=O)NC3=O)c2n1. The average Bonchev–Trinajstić information content (AvgIpc) is 3.37. The zero-order valence-corrected chi connectivity index (χ0v) is 17.5. The van der Waals surface area contributed by atoms with Gasteiger partial charge >= 0.3 is 0 Å². The van der Waals surface area contributed by atoms with Crippen molar-refractivity contribution < 1.29 is 9.59 Å². The number of fused-ring (bicyclic) bond motifs is 1. The molecule has 1 aromatic carbocycles. The highest BCUT2D eigenvalue weighted by Gasteiger charge is 2.26. The van der Waals surface area contributed by atoms with Crippen molar-refractivity contribution in [2.24, 2.45) is 0 Å². The Morgan fingerprint density at radius 2 is 2.13 bits per heavy atom. The summed E-state index contributed by atoms with van der Waals surface area (Å²) in [6.07, 6.45) is 5.48. The lowest BCUT2D eigenvalue weighted by molar-refractivity contribution is -0.124. The molecule has 1 saturated carbocycles. The number of amides is 2. The molecule has 3 aromatic rings. The Hall–Kier alpha value is -3.46. The van der Waals surface area contributed by atoms with Gasteiger partial charge in [0.1, 0.15) is 0 Å². The lowest BCUT2D eigenvalue weighted by Gasteiger charge is -2.12. The number of halogens is 1. The van der Waals surface area contributed by atoms with E-state index >= 15 is 0 Å². The van der Waals surface area contributed by atoms with Crippen LogP contribution in [0, 0.1) is 6.92 Å². The van der Waals surface area contributed by atoms with Gasteiger partial charge in [-0.1, -0.05) is 23.7 Å². The summed E-state index contributed by atoms with van der Waals surface area (Å²) in [5, 5.41) is 14.0. The number of benzene rings is 1. The number of nitrogens with zero attached hydrogens (tertiary/aromatic N) is 4. The van der Waals surface area contributed by atoms with E-state index in [1.54, 1.807) is 16.8 Å². The maximum atomic E-state index is 12.0. The van der Waals surface area contributed by atoms with Gasteiger partial charge < -0.3 is 10.6 Å². The molecule has 9 nitrogen and oxygen atoms in total. The predicted molar refractivity (Wildman–Crippen MR) is 117 cm³/mol. The second-order valence-corrected chi connectivity index (χ2v) is 8.13. The van der Waals surface area contributed by atoms with Gasteiger partial charge in [0, 0.05) is 28.7 Å². The van der Waals surface area contributed by atoms with E-state index in [4.69, 9.17) is 11.6 Å². The van der Waals surface area contributed by atoms with Crippen LogP contribution in [-0.2, 0) is 16.1 Å². The van der Waals surface area contributed by atoms with Crippen molar-refractivity contribution in [3.05, 3.63) is 51.7 Å². The molecule has 2 amide bonds. The van der Waals surface area contributed by atoms with Crippen LogP contribution in [-0.4, -0.2) is 37.4 Å². The molecule has 31 heavy (non-hydrogen) atoms. The Bertz CT molecular complexity index is 1250. The Morgan fingerprint density at radius 1 is 1.29 bits per heavy atom. The van der Waals surface area contributed by atoms with Gasteiger partial charge in [-0.25, -0.2) is 0 Å². The van der Waals surface area contributed by atoms with E-state index in [9.17, 15) is 9.59 Å². The third-order valence-electron chi connectivity index (χ3n) is 5.35. The molecule has 2 aromatic heterocycles. The number of hydrogen-bond donors (Lipinski definition) is 3. The molecule has 1 aliphatic heterocycles. The van der Waals surface area contributed by atoms with Crippen molar-refractivity contribution in [1.82, 2.24) is 24.9 Å². The van der Waals surface area contributed by atoms with Crippen LogP contribution >= 0.6 is 11.6 Å². The fourth-order valence-corrected chi connectivity index (χ4v) is 3.60. The molecule has 1 aliphatic carbocycles. The number of carbonyl (C=O) groups is 2. The maximum Gasteiger partial charge on any atom is 0.254 e. The van der Waals surface area contributed by atoms with Crippen LogP contribution < -0.4 is 16.0 Å². The molecule has 0 unspecified atom stereocenters. The number of rotatable bonds is 6. The normalized spacial score (nSPS) is 17.4. The van der Waals surface area contributed by atoms with E-state index in [1.165, 1.54) is 0 Å². The largest absolute Gasteiger partial charge is 0.351 e. The number of carbonyl (C=O) groups excluding carboxylic acids is 2. The first-order valence-electron chi connectivity index (χ1n) is 10.0. The molecule has 0 radical (unpaired) electrons. The minimum atomic E-state index is -0.385. The van der Waals surface area contributed by atoms with Crippen molar-refractivity contribution in [3.8, 4) is 0 Å². The van der Waals surface area contributed by atoms with Crippen LogP contribution in [0.4, 0.5) is 11.9 Å². The van der Waals surface area contributed by atoms with Crippen LogP contribution in [0.3, 0.4) is 0 Å². The minimum Gasteiger partial charge on any atom is -0.351 e. The van der Waals surface area contributed by atoms with Crippen LogP contribution in [0.1, 0.15) is 36.0 Å². The second-order valence-electron chi connectivity index (χ2n) is 7.73.